The number of carbonyl (C=O) groups excluding carboxylic acids is 2. The normalized spacial score (nSPS) is 13.0. The van der Waals surface area contributed by atoms with Crippen LogP contribution in [0.2, 0.25) is 0 Å². The molecule has 6 heteroatoms. The Kier molecular flexibility index (Phi) is 5.48. The molecule has 6 nitrogen and oxygen atoms in total. The van der Waals surface area contributed by atoms with Crippen molar-refractivity contribution in [1.29, 1.82) is 0 Å². The number of hydrogen-bond donors (Lipinski definition) is 2. The second-order valence-corrected chi connectivity index (χ2v) is 6.67. The van der Waals surface area contributed by atoms with Crippen LogP contribution in [0.4, 0.5) is 11.4 Å². The molecule has 0 fully saturated rings. The van der Waals surface area contributed by atoms with Crippen LogP contribution in [0, 0.1) is 0 Å². The minimum Gasteiger partial charge on any atom is -0.496 e. The Balaban J connectivity index is 1.68. The van der Waals surface area contributed by atoms with Crippen LogP contribution in [0.1, 0.15) is 11.1 Å². The molecule has 0 saturated heterocycles. The highest BCUT2D eigenvalue weighted by Gasteiger charge is 2.18. The fourth-order valence-electron chi connectivity index (χ4n) is 3.20. The lowest BCUT2D eigenvalue weighted by molar-refractivity contribution is -0.118. The van der Waals surface area contributed by atoms with Crippen LogP contribution < -0.4 is 20.1 Å². The van der Waals surface area contributed by atoms with E-state index in [-0.39, 0.29) is 18.4 Å². The zero-order chi connectivity index (χ0) is 20.9. The smallest absolute Gasteiger partial charge is 0.262 e. The molecule has 1 heterocycles. The molecule has 0 radical (unpaired) electrons. The van der Waals surface area contributed by atoms with Crippen molar-refractivity contribution >= 4 is 34.8 Å². The average molecular weight is 400 g/mol. The van der Waals surface area contributed by atoms with Gasteiger partial charge in [0.05, 0.1) is 12.8 Å². The van der Waals surface area contributed by atoms with E-state index in [9.17, 15) is 9.59 Å². The van der Waals surface area contributed by atoms with Gasteiger partial charge in [-0.1, -0.05) is 48.5 Å². The molecule has 0 aliphatic carbocycles. The summed E-state index contributed by atoms with van der Waals surface area (Å²) in [7, 11) is 1.60. The van der Waals surface area contributed by atoms with Crippen molar-refractivity contribution in [2.45, 2.75) is 0 Å². The number of anilines is 2. The van der Waals surface area contributed by atoms with Crippen molar-refractivity contribution in [2.75, 3.05) is 24.4 Å². The summed E-state index contributed by atoms with van der Waals surface area (Å²) < 4.78 is 10.8. The summed E-state index contributed by atoms with van der Waals surface area (Å²) in [5.41, 5.74) is 3.12. The molecular formula is C24H20N2O4. The number of para-hydroxylation sites is 1. The Bertz CT molecular complexity index is 1120. The fraction of sp³-hybridized carbons (Fsp3) is 0.0833. The Morgan fingerprint density at radius 1 is 1.07 bits per heavy atom. The van der Waals surface area contributed by atoms with E-state index in [0.717, 1.165) is 11.1 Å². The van der Waals surface area contributed by atoms with Gasteiger partial charge in [0.2, 0.25) is 0 Å². The van der Waals surface area contributed by atoms with Gasteiger partial charge in [-0.3, -0.25) is 9.59 Å². The number of benzene rings is 3. The first-order valence-electron chi connectivity index (χ1n) is 9.42. The number of fused-ring (bicyclic) bond motifs is 1. The molecule has 0 spiro atoms. The molecule has 3 aromatic rings. The van der Waals surface area contributed by atoms with E-state index in [0.29, 0.717) is 28.4 Å². The van der Waals surface area contributed by atoms with E-state index in [2.05, 4.69) is 10.6 Å². The summed E-state index contributed by atoms with van der Waals surface area (Å²) in [4.78, 5) is 24.8. The number of ether oxygens (including phenoxy) is 2. The maximum absolute atomic E-state index is 13.2. The molecule has 2 amide bonds. The second-order valence-electron chi connectivity index (χ2n) is 6.67. The lowest BCUT2D eigenvalue weighted by Gasteiger charge is -2.19. The third-order valence-electron chi connectivity index (χ3n) is 4.64. The Hall–Kier alpha value is -4.06. The maximum Gasteiger partial charge on any atom is 0.262 e. The molecule has 1 aliphatic rings. The lowest BCUT2D eigenvalue weighted by Crippen LogP contribution is -2.25. The first-order valence-corrected chi connectivity index (χ1v) is 9.42. The van der Waals surface area contributed by atoms with E-state index >= 15 is 0 Å². The molecule has 1 aliphatic heterocycles. The largest absolute Gasteiger partial charge is 0.496 e. The van der Waals surface area contributed by atoms with Crippen molar-refractivity contribution in [2.24, 2.45) is 0 Å². The summed E-state index contributed by atoms with van der Waals surface area (Å²) in [5.74, 6) is 0.731. The SMILES string of the molecule is COc1ccccc1/C=C(/C(=O)Nc1ccc2c(c1)NC(=O)CO2)c1ccccc1. The van der Waals surface area contributed by atoms with Gasteiger partial charge in [-0.05, 0) is 35.9 Å². The van der Waals surface area contributed by atoms with Crippen LogP contribution >= 0.6 is 0 Å². The van der Waals surface area contributed by atoms with Gasteiger partial charge in [-0.25, -0.2) is 0 Å². The Morgan fingerprint density at radius 3 is 2.63 bits per heavy atom. The third kappa shape index (κ3) is 4.17. The average Bonchev–Trinajstić information content (AvgIpc) is 2.78. The highest BCUT2D eigenvalue weighted by atomic mass is 16.5. The van der Waals surface area contributed by atoms with Gasteiger partial charge in [-0.15, -0.1) is 0 Å². The van der Waals surface area contributed by atoms with Crippen molar-refractivity contribution in [3.63, 3.8) is 0 Å². The monoisotopic (exact) mass is 400 g/mol. The number of hydrogen-bond acceptors (Lipinski definition) is 4. The fourth-order valence-corrected chi connectivity index (χ4v) is 3.20. The van der Waals surface area contributed by atoms with Crippen molar-refractivity contribution in [3.8, 4) is 11.5 Å². The van der Waals surface area contributed by atoms with Gasteiger partial charge < -0.3 is 20.1 Å². The van der Waals surface area contributed by atoms with Crippen LogP contribution in [0.15, 0.2) is 72.8 Å². The van der Waals surface area contributed by atoms with Gasteiger partial charge in [0.25, 0.3) is 11.8 Å². The molecule has 0 aromatic heterocycles. The Morgan fingerprint density at radius 2 is 1.83 bits per heavy atom. The standard InChI is InChI=1S/C24H20N2O4/c1-29-21-10-6-5-9-17(21)13-19(16-7-3-2-4-8-16)24(28)25-18-11-12-22-20(14-18)26-23(27)15-30-22/h2-14H,15H2,1H3,(H,25,28)(H,26,27)/b19-13+. The molecule has 150 valence electrons. The molecule has 0 saturated carbocycles. The number of rotatable bonds is 5. The van der Waals surface area contributed by atoms with Gasteiger partial charge in [0.15, 0.2) is 6.61 Å². The molecule has 2 N–H and O–H groups in total. The molecule has 3 aromatic carbocycles. The predicted octanol–water partition coefficient (Wildman–Crippen LogP) is 4.21. The molecule has 30 heavy (non-hydrogen) atoms. The van der Waals surface area contributed by atoms with Crippen molar-refractivity contribution < 1.29 is 19.1 Å². The van der Waals surface area contributed by atoms with Crippen LogP contribution in [-0.2, 0) is 9.59 Å². The molecule has 0 unspecified atom stereocenters. The summed E-state index contributed by atoms with van der Waals surface area (Å²) >= 11 is 0. The van der Waals surface area contributed by atoms with Gasteiger partial charge >= 0.3 is 0 Å². The van der Waals surface area contributed by atoms with E-state index in [4.69, 9.17) is 9.47 Å². The summed E-state index contributed by atoms with van der Waals surface area (Å²) in [5, 5.41) is 5.65. The first kappa shape index (κ1) is 19.3. The van der Waals surface area contributed by atoms with Crippen LogP contribution in [0.5, 0.6) is 11.5 Å². The number of carbonyl (C=O) groups is 2. The van der Waals surface area contributed by atoms with Gasteiger partial charge in [0.1, 0.15) is 11.5 Å². The highest BCUT2D eigenvalue weighted by molar-refractivity contribution is 6.29. The Labute approximate surface area is 174 Å². The van der Waals surface area contributed by atoms with E-state index < -0.39 is 0 Å². The van der Waals surface area contributed by atoms with Crippen LogP contribution in [0.3, 0.4) is 0 Å². The molecular weight excluding hydrogens is 380 g/mol. The van der Waals surface area contributed by atoms with E-state index in [1.165, 1.54) is 0 Å². The summed E-state index contributed by atoms with van der Waals surface area (Å²) in [6, 6.07) is 22.0. The van der Waals surface area contributed by atoms with Crippen LogP contribution in [-0.4, -0.2) is 25.5 Å². The van der Waals surface area contributed by atoms with E-state index in [1.807, 2.05) is 54.6 Å². The topological polar surface area (TPSA) is 76.7 Å². The summed E-state index contributed by atoms with van der Waals surface area (Å²) in [6.45, 7) is -0.0154. The zero-order valence-corrected chi connectivity index (χ0v) is 16.3. The van der Waals surface area contributed by atoms with Crippen LogP contribution in [0.25, 0.3) is 11.6 Å². The van der Waals surface area contributed by atoms with E-state index in [1.54, 1.807) is 31.4 Å². The number of methoxy groups -OCH3 is 1. The van der Waals surface area contributed by atoms with Gasteiger partial charge in [0, 0.05) is 16.8 Å². The minimum absolute atomic E-state index is 0.0154. The second kappa shape index (κ2) is 8.53. The van der Waals surface area contributed by atoms with Gasteiger partial charge in [-0.2, -0.15) is 0 Å². The lowest BCUT2D eigenvalue weighted by atomic mass is 10.0. The minimum atomic E-state index is -0.282. The quantitative estimate of drug-likeness (QED) is 0.497. The first-order chi connectivity index (χ1) is 14.6. The summed E-state index contributed by atoms with van der Waals surface area (Å²) in [6.07, 6.45) is 1.80. The molecule has 0 bridgehead atoms. The third-order valence-corrected chi connectivity index (χ3v) is 4.64. The predicted molar refractivity (Wildman–Crippen MR) is 117 cm³/mol. The van der Waals surface area contributed by atoms with Crippen molar-refractivity contribution in [1.82, 2.24) is 0 Å². The molecule has 0 atom stereocenters. The number of amides is 2. The molecule has 4 rings (SSSR count). The number of nitrogens with one attached hydrogen (secondary N) is 2. The van der Waals surface area contributed by atoms with Crippen molar-refractivity contribution in [3.05, 3.63) is 83.9 Å². The maximum atomic E-state index is 13.2. The highest BCUT2D eigenvalue weighted by Crippen LogP contribution is 2.31. The zero-order valence-electron chi connectivity index (χ0n) is 16.3.